The monoisotopic (exact) mass is 337 g/mol. The largest absolute Gasteiger partial charge is 0.475 e. The smallest absolute Gasteiger partial charge is 0.371 e. The van der Waals surface area contributed by atoms with Gasteiger partial charge in [0.25, 0.3) is 0 Å². The van der Waals surface area contributed by atoms with E-state index in [1.807, 2.05) is 24.3 Å². The number of rotatable bonds is 5. The minimum atomic E-state index is -1.05. The maximum Gasteiger partial charge on any atom is 0.371 e. The van der Waals surface area contributed by atoms with E-state index in [-0.39, 0.29) is 11.3 Å². The molecule has 0 spiro atoms. The minimum absolute atomic E-state index is 0.0412. The Labute approximate surface area is 125 Å². The summed E-state index contributed by atoms with van der Waals surface area (Å²) < 4.78 is 6.26. The molecule has 0 fully saturated rings. The van der Waals surface area contributed by atoms with E-state index in [4.69, 9.17) is 9.52 Å². The number of carbonyl (C=O) groups is 1. The molecule has 0 saturated heterocycles. The number of hydrogen-bond acceptors (Lipinski definition) is 3. The second-order valence-electron chi connectivity index (χ2n) is 5.03. The predicted octanol–water partition coefficient (Wildman–Crippen LogP) is 3.77. The van der Waals surface area contributed by atoms with Gasteiger partial charge in [-0.15, -0.1) is 0 Å². The number of benzene rings is 1. The van der Waals surface area contributed by atoms with Gasteiger partial charge in [-0.2, -0.15) is 0 Å². The van der Waals surface area contributed by atoms with Crippen LogP contribution < -0.4 is 5.32 Å². The van der Waals surface area contributed by atoms with Crippen molar-refractivity contribution in [2.75, 3.05) is 0 Å². The molecule has 0 saturated carbocycles. The first kappa shape index (κ1) is 14.8. The highest BCUT2D eigenvalue weighted by molar-refractivity contribution is 9.10. The van der Waals surface area contributed by atoms with Crippen LogP contribution in [0, 0.1) is 0 Å². The SMILES string of the molecule is CC(C)(NCc1ccc(C(=O)O)o1)c1ccccc1Br. The Kier molecular flexibility index (Phi) is 4.30. The summed E-state index contributed by atoms with van der Waals surface area (Å²) in [5, 5.41) is 12.2. The van der Waals surface area contributed by atoms with Crippen LogP contribution in [0.5, 0.6) is 0 Å². The van der Waals surface area contributed by atoms with Crippen LogP contribution in [0.1, 0.15) is 35.7 Å². The molecule has 0 bridgehead atoms. The molecule has 0 aliphatic carbocycles. The van der Waals surface area contributed by atoms with Crippen molar-refractivity contribution < 1.29 is 14.3 Å². The molecule has 1 aromatic heterocycles. The van der Waals surface area contributed by atoms with Crippen molar-refractivity contribution in [2.24, 2.45) is 0 Å². The highest BCUT2D eigenvalue weighted by Crippen LogP contribution is 2.28. The molecule has 2 N–H and O–H groups in total. The quantitative estimate of drug-likeness (QED) is 0.871. The fourth-order valence-electron chi connectivity index (χ4n) is 1.96. The van der Waals surface area contributed by atoms with E-state index in [9.17, 15) is 4.79 Å². The number of carboxylic acids is 1. The Bertz CT molecular complexity index is 619. The van der Waals surface area contributed by atoms with Gasteiger partial charge in [0.05, 0.1) is 6.54 Å². The third kappa shape index (κ3) is 3.29. The molecule has 106 valence electrons. The molecule has 0 amide bonds. The molecular formula is C15H16BrNO3. The maximum atomic E-state index is 10.8. The molecule has 0 aliphatic heterocycles. The molecule has 0 unspecified atom stereocenters. The van der Waals surface area contributed by atoms with E-state index in [0.29, 0.717) is 12.3 Å². The molecule has 0 radical (unpaired) electrons. The van der Waals surface area contributed by atoms with Crippen molar-refractivity contribution in [3.8, 4) is 0 Å². The van der Waals surface area contributed by atoms with Crippen molar-refractivity contribution >= 4 is 21.9 Å². The van der Waals surface area contributed by atoms with E-state index >= 15 is 0 Å². The van der Waals surface area contributed by atoms with Gasteiger partial charge in [-0.3, -0.25) is 0 Å². The molecule has 5 heteroatoms. The van der Waals surface area contributed by atoms with Gasteiger partial charge in [-0.1, -0.05) is 34.1 Å². The van der Waals surface area contributed by atoms with Gasteiger partial charge < -0.3 is 14.8 Å². The van der Waals surface area contributed by atoms with E-state index in [1.54, 1.807) is 6.07 Å². The summed E-state index contributed by atoms with van der Waals surface area (Å²) in [6.07, 6.45) is 0. The van der Waals surface area contributed by atoms with Crippen molar-refractivity contribution in [3.63, 3.8) is 0 Å². The first-order valence-corrected chi connectivity index (χ1v) is 7.01. The van der Waals surface area contributed by atoms with Crippen LogP contribution in [0.3, 0.4) is 0 Å². The molecule has 20 heavy (non-hydrogen) atoms. The van der Waals surface area contributed by atoms with Crippen LogP contribution in [0.4, 0.5) is 0 Å². The number of furan rings is 1. The number of nitrogens with one attached hydrogen (secondary N) is 1. The van der Waals surface area contributed by atoms with Crippen LogP contribution in [0.25, 0.3) is 0 Å². The van der Waals surface area contributed by atoms with Gasteiger partial charge in [0, 0.05) is 10.0 Å². The van der Waals surface area contributed by atoms with Crippen LogP contribution in [0.2, 0.25) is 0 Å². The number of halogens is 1. The van der Waals surface area contributed by atoms with Gasteiger partial charge in [0.1, 0.15) is 5.76 Å². The van der Waals surface area contributed by atoms with Crippen LogP contribution in [0.15, 0.2) is 45.3 Å². The fraction of sp³-hybridized carbons (Fsp3) is 0.267. The Hall–Kier alpha value is -1.59. The minimum Gasteiger partial charge on any atom is -0.475 e. The summed E-state index contributed by atoms with van der Waals surface area (Å²) in [6, 6.07) is 11.1. The highest BCUT2D eigenvalue weighted by atomic mass is 79.9. The van der Waals surface area contributed by atoms with Crippen molar-refractivity contribution in [1.82, 2.24) is 5.32 Å². The maximum absolute atomic E-state index is 10.8. The van der Waals surface area contributed by atoms with Gasteiger partial charge >= 0.3 is 5.97 Å². The molecule has 1 heterocycles. The topological polar surface area (TPSA) is 62.5 Å². The van der Waals surface area contributed by atoms with Crippen molar-refractivity contribution in [1.29, 1.82) is 0 Å². The lowest BCUT2D eigenvalue weighted by molar-refractivity contribution is 0.0660. The Morgan fingerprint density at radius 2 is 2.00 bits per heavy atom. The lowest BCUT2D eigenvalue weighted by atomic mass is 9.94. The summed E-state index contributed by atoms with van der Waals surface area (Å²) >= 11 is 3.54. The van der Waals surface area contributed by atoms with Gasteiger partial charge in [-0.05, 0) is 37.6 Å². The van der Waals surface area contributed by atoms with Crippen LogP contribution in [-0.2, 0) is 12.1 Å². The van der Waals surface area contributed by atoms with Crippen molar-refractivity contribution in [2.45, 2.75) is 25.9 Å². The first-order chi connectivity index (χ1) is 9.40. The fourth-order valence-corrected chi connectivity index (χ4v) is 2.74. The molecule has 2 aromatic rings. The lowest BCUT2D eigenvalue weighted by Gasteiger charge is -2.27. The average molecular weight is 338 g/mol. The molecule has 1 aromatic carbocycles. The molecule has 0 atom stereocenters. The van der Waals surface area contributed by atoms with Crippen LogP contribution in [-0.4, -0.2) is 11.1 Å². The second kappa shape index (κ2) is 5.81. The summed E-state index contributed by atoms with van der Waals surface area (Å²) in [5.74, 6) is -0.496. The first-order valence-electron chi connectivity index (χ1n) is 6.22. The molecule has 2 rings (SSSR count). The Morgan fingerprint density at radius 1 is 1.30 bits per heavy atom. The Morgan fingerprint density at radius 3 is 2.60 bits per heavy atom. The van der Waals surface area contributed by atoms with Gasteiger partial charge in [-0.25, -0.2) is 4.79 Å². The summed E-state index contributed by atoms with van der Waals surface area (Å²) in [6.45, 7) is 4.59. The van der Waals surface area contributed by atoms with Crippen molar-refractivity contribution in [3.05, 3.63) is 58.0 Å². The molecule has 4 nitrogen and oxygen atoms in total. The average Bonchev–Trinajstić information content (AvgIpc) is 2.86. The number of hydrogen-bond donors (Lipinski definition) is 2. The second-order valence-corrected chi connectivity index (χ2v) is 5.88. The molecular weight excluding hydrogens is 322 g/mol. The predicted molar refractivity (Wildman–Crippen MR) is 79.7 cm³/mol. The zero-order chi connectivity index (χ0) is 14.8. The summed E-state index contributed by atoms with van der Waals surface area (Å²) in [7, 11) is 0. The van der Waals surface area contributed by atoms with Crippen LogP contribution >= 0.6 is 15.9 Å². The number of carboxylic acid groups (broad SMARTS) is 1. The zero-order valence-electron chi connectivity index (χ0n) is 11.3. The third-order valence-corrected chi connectivity index (χ3v) is 3.82. The highest BCUT2D eigenvalue weighted by Gasteiger charge is 2.22. The standard InChI is InChI=1S/C15H16BrNO3/c1-15(2,11-5-3-4-6-12(11)16)17-9-10-7-8-13(20-10)14(18)19/h3-8,17H,9H2,1-2H3,(H,18,19). The zero-order valence-corrected chi connectivity index (χ0v) is 12.9. The Balaban J connectivity index is 2.09. The third-order valence-electron chi connectivity index (χ3n) is 3.12. The van der Waals surface area contributed by atoms with Gasteiger partial charge in [0.15, 0.2) is 0 Å². The van der Waals surface area contributed by atoms with Gasteiger partial charge in [0.2, 0.25) is 5.76 Å². The van der Waals surface area contributed by atoms with E-state index in [0.717, 1.165) is 10.0 Å². The van der Waals surface area contributed by atoms with E-state index < -0.39 is 5.97 Å². The molecule has 0 aliphatic rings. The lowest BCUT2D eigenvalue weighted by Crippen LogP contribution is -2.36. The number of aromatic carboxylic acids is 1. The van der Waals surface area contributed by atoms with E-state index in [2.05, 4.69) is 35.1 Å². The summed E-state index contributed by atoms with van der Waals surface area (Å²) in [4.78, 5) is 10.8. The van der Waals surface area contributed by atoms with E-state index in [1.165, 1.54) is 6.07 Å². The normalized spacial score (nSPS) is 11.6. The summed E-state index contributed by atoms with van der Waals surface area (Å²) in [5.41, 5.74) is 0.862.